The Labute approximate surface area is 292 Å². The first-order valence-electron chi connectivity index (χ1n) is 20.1. The lowest BCUT2D eigenvalue weighted by Gasteiger charge is -2.40. The van der Waals surface area contributed by atoms with Crippen LogP contribution in [0, 0.1) is 0 Å². The van der Waals surface area contributed by atoms with Crippen LogP contribution >= 0.6 is 15.9 Å². The number of unbranched alkanes of at least 4 members (excludes halogenated alkanes) is 24. The second-order valence-electron chi connectivity index (χ2n) is 14.5. The molecule has 0 amide bonds. The highest BCUT2D eigenvalue weighted by Gasteiger charge is 2.40. The van der Waals surface area contributed by atoms with E-state index in [0.29, 0.717) is 6.61 Å². The van der Waals surface area contributed by atoms with Crippen LogP contribution in [0.3, 0.4) is 0 Å². The number of alkyl halides is 1. The Hall–Kier alpha value is -0.120. The summed E-state index contributed by atoms with van der Waals surface area (Å²) < 4.78 is 12.5. The standard InChI is InChI=1S/C42H81BrO2/c1-6-8-10-12-14-16-18-20-22-24-26-28-30-32-34-36-38-44-40-42(5,41(3,4)43)45-39-37-35-33-31-29-27-25-23-21-19-17-15-13-11-9-7-2/h20-23H,6-19,24-40H2,1-5H3/b22-20-,23-21-. The monoisotopic (exact) mass is 697 g/mol. The van der Waals surface area contributed by atoms with Gasteiger partial charge in [0.25, 0.3) is 0 Å². The van der Waals surface area contributed by atoms with Crippen LogP contribution in [-0.2, 0) is 9.47 Å². The Morgan fingerprint density at radius 2 is 0.733 bits per heavy atom. The van der Waals surface area contributed by atoms with Gasteiger partial charge in [-0.25, -0.2) is 0 Å². The van der Waals surface area contributed by atoms with Gasteiger partial charge in [-0.15, -0.1) is 0 Å². The zero-order valence-corrected chi connectivity index (χ0v) is 33.0. The third-order valence-electron chi connectivity index (χ3n) is 9.51. The molecule has 3 heteroatoms. The largest absolute Gasteiger partial charge is 0.378 e. The summed E-state index contributed by atoms with van der Waals surface area (Å²) in [7, 11) is 0. The molecule has 0 aromatic heterocycles. The summed E-state index contributed by atoms with van der Waals surface area (Å²) >= 11 is 3.89. The van der Waals surface area contributed by atoms with E-state index in [-0.39, 0.29) is 9.93 Å². The van der Waals surface area contributed by atoms with Crippen LogP contribution < -0.4 is 0 Å². The van der Waals surface area contributed by atoms with Gasteiger partial charge in [0.15, 0.2) is 0 Å². The van der Waals surface area contributed by atoms with E-state index >= 15 is 0 Å². The summed E-state index contributed by atoms with van der Waals surface area (Å²) in [5, 5.41) is 0. The SMILES string of the molecule is CCCCCCCC/C=C\CCCCCCCCOCC(C)(OCCCCCCCC/C=C\CCCCCCCC)C(C)(C)Br. The Morgan fingerprint density at radius 1 is 0.422 bits per heavy atom. The lowest BCUT2D eigenvalue weighted by molar-refractivity contribution is -0.103. The molecule has 0 bridgehead atoms. The van der Waals surface area contributed by atoms with Gasteiger partial charge in [0.2, 0.25) is 0 Å². The van der Waals surface area contributed by atoms with Crippen LogP contribution in [0.5, 0.6) is 0 Å². The number of rotatable bonds is 36. The molecule has 1 atom stereocenters. The summed E-state index contributed by atoms with van der Waals surface area (Å²) in [4.78, 5) is 0. The molecule has 0 heterocycles. The molecule has 0 aliphatic rings. The number of hydrogen-bond acceptors (Lipinski definition) is 2. The maximum atomic E-state index is 6.46. The van der Waals surface area contributed by atoms with Crippen molar-refractivity contribution >= 4 is 15.9 Å². The summed E-state index contributed by atoms with van der Waals surface area (Å²) in [6, 6.07) is 0. The molecule has 0 fully saturated rings. The molecular weight excluding hydrogens is 616 g/mol. The van der Waals surface area contributed by atoms with Gasteiger partial charge in [-0.05, 0) is 85.0 Å². The average molecular weight is 698 g/mol. The molecular formula is C42H81BrO2. The predicted molar refractivity (Wildman–Crippen MR) is 207 cm³/mol. The van der Waals surface area contributed by atoms with E-state index in [4.69, 9.17) is 9.47 Å². The van der Waals surface area contributed by atoms with Gasteiger partial charge >= 0.3 is 0 Å². The molecule has 0 N–H and O–H groups in total. The van der Waals surface area contributed by atoms with Gasteiger partial charge in [-0.1, -0.05) is 170 Å². The van der Waals surface area contributed by atoms with Gasteiger partial charge < -0.3 is 9.47 Å². The van der Waals surface area contributed by atoms with Crippen molar-refractivity contribution in [2.75, 3.05) is 19.8 Å². The molecule has 1 unspecified atom stereocenters. The molecule has 0 saturated heterocycles. The fourth-order valence-corrected chi connectivity index (χ4v) is 5.98. The lowest BCUT2D eigenvalue weighted by atomic mass is 9.92. The molecule has 0 aliphatic carbocycles. The van der Waals surface area contributed by atoms with Gasteiger partial charge in [0.1, 0.15) is 5.60 Å². The van der Waals surface area contributed by atoms with Gasteiger partial charge in [-0.2, -0.15) is 0 Å². The maximum Gasteiger partial charge on any atom is 0.103 e. The highest BCUT2D eigenvalue weighted by Crippen LogP contribution is 2.34. The molecule has 268 valence electrons. The molecule has 0 aromatic carbocycles. The Morgan fingerprint density at radius 3 is 1.09 bits per heavy atom. The summed E-state index contributed by atoms with van der Waals surface area (Å²) in [5.74, 6) is 0. The van der Waals surface area contributed by atoms with Gasteiger partial charge in [-0.3, -0.25) is 0 Å². The van der Waals surface area contributed by atoms with Gasteiger partial charge in [0, 0.05) is 13.2 Å². The van der Waals surface area contributed by atoms with E-state index in [1.54, 1.807) is 0 Å². The smallest absolute Gasteiger partial charge is 0.103 e. The van der Waals surface area contributed by atoms with Crippen molar-refractivity contribution in [2.24, 2.45) is 0 Å². The predicted octanol–water partition coefficient (Wildman–Crippen LogP) is 15.0. The Balaban J connectivity index is 3.68. The molecule has 0 spiro atoms. The third kappa shape index (κ3) is 30.9. The van der Waals surface area contributed by atoms with Crippen molar-refractivity contribution < 1.29 is 9.47 Å². The van der Waals surface area contributed by atoms with Crippen molar-refractivity contribution in [3.05, 3.63) is 24.3 Å². The summed E-state index contributed by atoms with van der Waals surface area (Å²) in [6.07, 6.45) is 47.1. The van der Waals surface area contributed by atoms with Crippen molar-refractivity contribution in [1.82, 2.24) is 0 Å². The summed E-state index contributed by atoms with van der Waals surface area (Å²) in [5.41, 5.74) is -0.308. The minimum atomic E-state index is -0.308. The highest BCUT2D eigenvalue weighted by atomic mass is 79.9. The van der Waals surface area contributed by atoms with Crippen LogP contribution in [0.15, 0.2) is 24.3 Å². The number of ether oxygens (including phenoxy) is 2. The maximum absolute atomic E-state index is 6.46. The lowest BCUT2D eigenvalue weighted by Crippen LogP contribution is -2.49. The van der Waals surface area contributed by atoms with Crippen LogP contribution in [-0.4, -0.2) is 29.7 Å². The van der Waals surface area contributed by atoms with Crippen LogP contribution in [0.1, 0.15) is 214 Å². The minimum Gasteiger partial charge on any atom is -0.378 e. The second-order valence-corrected chi connectivity index (χ2v) is 16.5. The zero-order chi connectivity index (χ0) is 33.2. The fourth-order valence-electron chi connectivity index (χ4n) is 5.75. The topological polar surface area (TPSA) is 18.5 Å². The second kappa shape index (κ2) is 33.8. The van der Waals surface area contributed by atoms with Crippen molar-refractivity contribution in [3.8, 4) is 0 Å². The first-order chi connectivity index (χ1) is 21.9. The van der Waals surface area contributed by atoms with Gasteiger partial charge in [0.05, 0.1) is 10.9 Å². The minimum absolute atomic E-state index is 0.119. The number of hydrogen-bond donors (Lipinski definition) is 0. The van der Waals surface area contributed by atoms with Crippen molar-refractivity contribution in [2.45, 2.75) is 224 Å². The first kappa shape index (κ1) is 44.9. The fraction of sp³-hybridized carbons (Fsp3) is 0.905. The molecule has 45 heavy (non-hydrogen) atoms. The molecule has 0 aliphatic heterocycles. The summed E-state index contributed by atoms with van der Waals surface area (Å²) in [6.45, 7) is 13.5. The number of allylic oxidation sites excluding steroid dienone is 4. The molecule has 0 aromatic rings. The zero-order valence-electron chi connectivity index (χ0n) is 31.4. The normalized spacial score (nSPS) is 13.8. The molecule has 0 saturated carbocycles. The van der Waals surface area contributed by atoms with E-state index in [2.05, 4.69) is 74.9 Å². The average Bonchev–Trinajstić information content (AvgIpc) is 3.01. The van der Waals surface area contributed by atoms with Crippen molar-refractivity contribution in [1.29, 1.82) is 0 Å². The van der Waals surface area contributed by atoms with Crippen LogP contribution in [0.25, 0.3) is 0 Å². The highest BCUT2D eigenvalue weighted by molar-refractivity contribution is 9.10. The number of halogens is 1. The molecule has 2 nitrogen and oxygen atoms in total. The van der Waals surface area contributed by atoms with Crippen LogP contribution in [0.2, 0.25) is 0 Å². The van der Waals surface area contributed by atoms with E-state index in [1.165, 1.54) is 167 Å². The first-order valence-corrected chi connectivity index (χ1v) is 20.9. The Bertz CT molecular complexity index is 637. The van der Waals surface area contributed by atoms with Crippen molar-refractivity contribution in [3.63, 3.8) is 0 Å². The van der Waals surface area contributed by atoms with Crippen LogP contribution in [0.4, 0.5) is 0 Å². The van der Waals surface area contributed by atoms with E-state index in [1.807, 2.05) is 0 Å². The Kier molecular flexibility index (Phi) is 33.7. The van der Waals surface area contributed by atoms with E-state index in [0.717, 1.165) is 26.1 Å². The van der Waals surface area contributed by atoms with E-state index < -0.39 is 0 Å². The van der Waals surface area contributed by atoms with E-state index in [9.17, 15) is 0 Å². The quantitative estimate of drug-likeness (QED) is 0.0369. The molecule has 0 rings (SSSR count). The molecule has 0 radical (unpaired) electrons. The third-order valence-corrected chi connectivity index (χ3v) is 10.4.